The van der Waals surface area contributed by atoms with Gasteiger partial charge in [0.25, 0.3) is 0 Å². The van der Waals surface area contributed by atoms with E-state index in [9.17, 15) is 18.7 Å². The lowest BCUT2D eigenvalue weighted by Gasteiger charge is -2.32. The van der Waals surface area contributed by atoms with Crippen LogP contribution in [0.5, 0.6) is 0 Å². The number of carbonyl (C=O) groups is 1. The molecule has 9 heteroatoms. The highest BCUT2D eigenvalue weighted by Gasteiger charge is 2.37. The van der Waals surface area contributed by atoms with Crippen molar-refractivity contribution in [3.05, 3.63) is 28.5 Å². The van der Waals surface area contributed by atoms with Gasteiger partial charge in [-0.1, -0.05) is 11.6 Å². The van der Waals surface area contributed by atoms with Crippen LogP contribution in [-0.4, -0.2) is 60.8 Å². The smallest absolute Gasteiger partial charge is 0.308 e. The van der Waals surface area contributed by atoms with Crippen LogP contribution in [0.1, 0.15) is 37.7 Å². The van der Waals surface area contributed by atoms with Gasteiger partial charge < -0.3 is 20.3 Å². The number of methoxy groups -OCH3 is 1. The number of ether oxygens (including phenoxy) is 2. The molecule has 1 aromatic rings. The molecule has 3 unspecified atom stereocenters. The quantitative estimate of drug-likeness (QED) is 0.494. The summed E-state index contributed by atoms with van der Waals surface area (Å²) in [6.07, 6.45) is 0.962. The van der Waals surface area contributed by atoms with E-state index >= 15 is 0 Å². The molecular formula is C21H29ClF2N2O4. The average Bonchev–Trinajstić information content (AvgIpc) is 3.11. The largest absolute Gasteiger partial charge is 0.469 e. The fraction of sp³-hybridized carbons (Fsp3) is 0.667. The number of alkyl halides is 1. The molecule has 1 saturated carbocycles. The number of anilines is 1. The molecule has 1 aromatic carbocycles. The van der Waals surface area contributed by atoms with E-state index in [-0.39, 0.29) is 66.3 Å². The lowest BCUT2D eigenvalue weighted by molar-refractivity contribution is -0.147. The Hall–Kier alpha value is -1.48. The number of hydrogen-bond acceptors (Lipinski definition) is 6. The first-order valence-corrected chi connectivity index (χ1v) is 10.7. The molecule has 2 fully saturated rings. The number of hydrogen-bond donors (Lipinski definition) is 2. The maximum absolute atomic E-state index is 14.2. The van der Waals surface area contributed by atoms with Crippen LogP contribution in [0.2, 0.25) is 5.02 Å². The second kappa shape index (κ2) is 10.2. The highest BCUT2D eigenvalue weighted by atomic mass is 35.5. The monoisotopic (exact) mass is 446 g/mol. The fourth-order valence-corrected chi connectivity index (χ4v) is 4.55. The summed E-state index contributed by atoms with van der Waals surface area (Å²) in [6, 6.07) is 2.21. The zero-order valence-corrected chi connectivity index (χ0v) is 17.8. The molecule has 0 aromatic heterocycles. The number of esters is 1. The molecule has 0 amide bonds. The minimum Gasteiger partial charge on any atom is -0.469 e. The highest BCUT2D eigenvalue weighted by molar-refractivity contribution is 6.33. The Morgan fingerprint density at radius 2 is 2.07 bits per heavy atom. The molecule has 6 nitrogen and oxygen atoms in total. The molecule has 1 aliphatic carbocycles. The molecule has 2 aliphatic rings. The molecule has 3 N–H and O–H groups in total. The molecule has 30 heavy (non-hydrogen) atoms. The molecule has 0 radical (unpaired) electrons. The van der Waals surface area contributed by atoms with Crippen molar-refractivity contribution >= 4 is 23.3 Å². The highest BCUT2D eigenvalue weighted by Crippen LogP contribution is 2.30. The summed E-state index contributed by atoms with van der Waals surface area (Å²) in [4.78, 5) is 13.2. The fourth-order valence-electron chi connectivity index (χ4n) is 4.36. The summed E-state index contributed by atoms with van der Waals surface area (Å²) in [5.41, 5.74) is 5.95. The number of likely N-dealkylation sites (tertiary alicyclic amines) is 1. The van der Waals surface area contributed by atoms with Crippen LogP contribution in [-0.2, 0) is 20.7 Å². The Balaban J connectivity index is 1.54. The van der Waals surface area contributed by atoms with Gasteiger partial charge in [0.1, 0.15) is 18.2 Å². The summed E-state index contributed by atoms with van der Waals surface area (Å²) in [7, 11) is 1.39. The van der Waals surface area contributed by atoms with Gasteiger partial charge in [0.15, 0.2) is 0 Å². The third-order valence-corrected chi connectivity index (χ3v) is 6.42. The lowest BCUT2D eigenvalue weighted by atomic mass is 9.87. The number of nitrogens with zero attached hydrogens (tertiary/aromatic N) is 1. The van der Waals surface area contributed by atoms with Crippen molar-refractivity contribution in [2.24, 2.45) is 5.92 Å². The zero-order valence-electron chi connectivity index (χ0n) is 17.0. The lowest BCUT2D eigenvalue weighted by Crippen LogP contribution is -2.43. The summed E-state index contributed by atoms with van der Waals surface area (Å²) < 4.78 is 39.0. The van der Waals surface area contributed by atoms with E-state index in [4.69, 9.17) is 26.8 Å². The van der Waals surface area contributed by atoms with Gasteiger partial charge in [-0.15, -0.1) is 0 Å². The molecule has 0 spiro atoms. The number of aliphatic hydroxyl groups excluding tert-OH is 1. The Morgan fingerprint density at radius 3 is 2.73 bits per heavy atom. The van der Waals surface area contributed by atoms with Crippen LogP contribution in [0, 0.1) is 11.7 Å². The van der Waals surface area contributed by atoms with Crippen molar-refractivity contribution in [2.45, 2.75) is 63.1 Å². The van der Waals surface area contributed by atoms with Gasteiger partial charge in [-0.2, -0.15) is 0 Å². The third kappa shape index (κ3) is 5.60. The third-order valence-electron chi connectivity index (χ3n) is 6.09. The molecule has 1 heterocycles. The molecule has 0 bridgehead atoms. The van der Waals surface area contributed by atoms with E-state index in [1.165, 1.54) is 13.2 Å². The van der Waals surface area contributed by atoms with Crippen molar-refractivity contribution in [2.75, 3.05) is 26.0 Å². The van der Waals surface area contributed by atoms with E-state index in [0.717, 1.165) is 18.9 Å². The van der Waals surface area contributed by atoms with Crippen molar-refractivity contribution in [1.29, 1.82) is 0 Å². The summed E-state index contributed by atoms with van der Waals surface area (Å²) >= 11 is 5.96. The van der Waals surface area contributed by atoms with Gasteiger partial charge in [0, 0.05) is 19.0 Å². The van der Waals surface area contributed by atoms with Gasteiger partial charge in [-0.25, -0.2) is 8.78 Å². The first kappa shape index (κ1) is 23.2. The predicted molar refractivity (Wildman–Crippen MR) is 109 cm³/mol. The number of nitrogen functional groups attached to an aromatic ring is 1. The Morgan fingerprint density at radius 1 is 1.37 bits per heavy atom. The van der Waals surface area contributed by atoms with Gasteiger partial charge in [-0.3, -0.25) is 9.69 Å². The molecule has 3 atom stereocenters. The van der Waals surface area contributed by atoms with E-state index in [2.05, 4.69) is 0 Å². The molecule has 168 valence electrons. The van der Waals surface area contributed by atoms with Gasteiger partial charge >= 0.3 is 5.97 Å². The maximum atomic E-state index is 14.2. The van der Waals surface area contributed by atoms with Crippen molar-refractivity contribution in [3.8, 4) is 0 Å². The maximum Gasteiger partial charge on any atom is 0.308 e. The molecular weight excluding hydrogens is 418 g/mol. The number of rotatable bonds is 7. The summed E-state index contributed by atoms with van der Waals surface area (Å²) in [6.45, 7) is 0.338. The number of carbonyl (C=O) groups excluding carboxylic acids is 1. The number of aliphatic hydroxyl groups is 1. The molecule has 3 rings (SSSR count). The Labute approximate surface area is 180 Å². The minimum absolute atomic E-state index is 0.00286. The van der Waals surface area contributed by atoms with Crippen molar-refractivity contribution in [1.82, 2.24) is 4.90 Å². The van der Waals surface area contributed by atoms with Crippen LogP contribution in [0.4, 0.5) is 14.5 Å². The average molecular weight is 447 g/mol. The number of benzene rings is 1. The van der Waals surface area contributed by atoms with E-state index in [1.807, 2.05) is 0 Å². The molecule has 1 aliphatic heterocycles. The van der Waals surface area contributed by atoms with E-state index in [0.29, 0.717) is 12.8 Å². The Kier molecular flexibility index (Phi) is 7.90. The van der Waals surface area contributed by atoms with Gasteiger partial charge in [-0.05, 0) is 49.8 Å². The predicted octanol–water partition coefficient (Wildman–Crippen LogP) is 3.08. The summed E-state index contributed by atoms with van der Waals surface area (Å²) in [5, 5.41) is 10.9. The standard InChI is InChI=1S/C21H29ClF2N2O4/c1-29-21(28)12-2-4-16(5-3-12)30-11-15-8-14(23)10-26(15)20(27)7-13-6-17(22)19(25)9-18(13)24/h6,9,12,14-16,20,27H,2-5,7-8,10-11,25H2,1H3. The number of halogens is 3. The second-order valence-corrected chi connectivity index (χ2v) is 8.57. The van der Waals surface area contributed by atoms with Crippen LogP contribution < -0.4 is 5.73 Å². The van der Waals surface area contributed by atoms with Crippen molar-refractivity contribution in [3.63, 3.8) is 0 Å². The second-order valence-electron chi connectivity index (χ2n) is 8.16. The SMILES string of the molecule is COC(=O)C1CCC(OCC2CC(F)CN2C(O)Cc2cc(Cl)c(N)cc2F)CC1. The normalized spacial score (nSPS) is 28.4. The molecule has 1 saturated heterocycles. The van der Waals surface area contributed by atoms with Crippen LogP contribution in [0.3, 0.4) is 0 Å². The summed E-state index contributed by atoms with van der Waals surface area (Å²) in [5.74, 6) is -0.826. The number of nitrogens with two attached hydrogens (primary N) is 1. The van der Waals surface area contributed by atoms with Crippen LogP contribution in [0.25, 0.3) is 0 Å². The van der Waals surface area contributed by atoms with Gasteiger partial charge in [0.05, 0.1) is 36.4 Å². The topological polar surface area (TPSA) is 85.0 Å². The van der Waals surface area contributed by atoms with Crippen LogP contribution >= 0.6 is 11.6 Å². The van der Waals surface area contributed by atoms with Crippen molar-refractivity contribution < 1.29 is 28.2 Å². The minimum atomic E-state index is -1.08. The van der Waals surface area contributed by atoms with E-state index < -0.39 is 18.2 Å². The first-order valence-electron chi connectivity index (χ1n) is 10.3. The Bertz CT molecular complexity index is 746. The zero-order chi connectivity index (χ0) is 21.8. The van der Waals surface area contributed by atoms with E-state index in [1.54, 1.807) is 4.90 Å². The van der Waals surface area contributed by atoms with Crippen LogP contribution in [0.15, 0.2) is 12.1 Å². The van der Waals surface area contributed by atoms with Gasteiger partial charge in [0.2, 0.25) is 0 Å². The first-order chi connectivity index (χ1) is 14.3.